The molecule has 1 amide bonds. The van der Waals surface area contributed by atoms with E-state index in [4.69, 9.17) is 0 Å². The molecule has 0 spiro atoms. The Morgan fingerprint density at radius 2 is 1.75 bits per heavy atom. The highest BCUT2D eigenvalue weighted by molar-refractivity contribution is 5.92. The molecule has 0 aliphatic heterocycles. The lowest BCUT2D eigenvalue weighted by atomic mass is 10.0. The van der Waals surface area contributed by atoms with Crippen LogP contribution in [0.25, 0.3) is 0 Å². The molecule has 3 heteroatoms. The Balaban J connectivity index is 2.41. The van der Waals surface area contributed by atoms with Gasteiger partial charge in [-0.1, -0.05) is 39.8 Å². The molecule has 1 aromatic rings. The van der Waals surface area contributed by atoms with Crippen molar-refractivity contribution in [1.82, 2.24) is 4.90 Å². The van der Waals surface area contributed by atoms with Crippen LogP contribution in [0.5, 0.6) is 0 Å². The Kier molecular flexibility index (Phi) is 6.73. The van der Waals surface area contributed by atoms with Crippen molar-refractivity contribution in [3.05, 3.63) is 29.8 Å². The van der Waals surface area contributed by atoms with Crippen molar-refractivity contribution in [3.8, 4) is 0 Å². The number of rotatable bonds is 7. The largest absolute Gasteiger partial charge is 0.325 e. The van der Waals surface area contributed by atoms with E-state index in [-0.39, 0.29) is 5.91 Å². The molecule has 3 nitrogen and oxygen atoms in total. The first-order chi connectivity index (χ1) is 9.38. The number of likely N-dealkylation sites (N-methyl/N-ethyl adjacent to an activating group) is 1. The molecular formula is C17H28N2O. The number of hydrogen-bond acceptors (Lipinski definition) is 2. The first-order valence-corrected chi connectivity index (χ1v) is 7.47. The van der Waals surface area contributed by atoms with Crippen LogP contribution in [0, 0.1) is 5.92 Å². The number of nitrogens with zero attached hydrogens (tertiary/aromatic N) is 1. The molecule has 112 valence electrons. The zero-order valence-corrected chi connectivity index (χ0v) is 13.4. The summed E-state index contributed by atoms with van der Waals surface area (Å²) in [7, 11) is 1.99. The first kappa shape index (κ1) is 16.7. The summed E-state index contributed by atoms with van der Waals surface area (Å²) in [5.74, 6) is 1.24. The number of amides is 1. The summed E-state index contributed by atoms with van der Waals surface area (Å²) in [5.41, 5.74) is 2.16. The highest BCUT2D eigenvalue weighted by Gasteiger charge is 2.08. The van der Waals surface area contributed by atoms with Crippen LogP contribution in [0.1, 0.15) is 45.6 Å². The van der Waals surface area contributed by atoms with Crippen molar-refractivity contribution >= 4 is 11.6 Å². The predicted octanol–water partition coefficient (Wildman–Crippen LogP) is 3.73. The fraction of sp³-hybridized carbons (Fsp3) is 0.588. The zero-order chi connectivity index (χ0) is 15.1. The van der Waals surface area contributed by atoms with Gasteiger partial charge in [0.25, 0.3) is 0 Å². The first-order valence-electron chi connectivity index (χ1n) is 7.47. The number of benzene rings is 1. The van der Waals surface area contributed by atoms with Crippen LogP contribution in [0.4, 0.5) is 5.69 Å². The van der Waals surface area contributed by atoms with Gasteiger partial charge in [0.2, 0.25) is 5.91 Å². The average Bonchev–Trinajstić information content (AvgIpc) is 2.36. The van der Waals surface area contributed by atoms with E-state index in [9.17, 15) is 4.79 Å². The van der Waals surface area contributed by atoms with E-state index < -0.39 is 0 Å². The van der Waals surface area contributed by atoms with E-state index in [0.717, 1.165) is 18.7 Å². The van der Waals surface area contributed by atoms with Crippen molar-refractivity contribution < 1.29 is 4.79 Å². The van der Waals surface area contributed by atoms with Crippen LogP contribution in [-0.4, -0.2) is 30.9 Å². The summed E-state index contributed by atoms with van der Waals surface area (Å²) in [6.07, 6.45) is 1.12. The molecular weight excluding hydrogens is 248 g/mol. The van der Waals surface area contributed by atoms with E-state index >= 15 is 0 Å². The lowest BCUT2D eigenvalue weighted by Gasteiger charge is -2.17. The van der Waals surface area contributed by atoms with Crippen LogP contribution in [0.15, 0.2) is 24.3 Å². The number of anilines is 1. The van der Waals surface area contributed by atoms with Gasteiger partial charge in [0.15, 0.2) is 0 Å². The monoisotopic (exact) mass is 276 g/mol. The van der Waals surface area contributed by atoms with E-state index in [1.807, 2.05) is 19.2 Å². The summed E-state index contributed by atoms with van der Waals surface area (Å²) >= 11 is 0. The second-order valence-electron chi connectivity index (χ2n) is 6.25. The Morgan fingerprint density at radius 3 is 2.25 bits per heavy atom. The second kappa shape index (κ2) is 8.05. The maximum absolute atomic E-state index is 11.9. The van der Waals surface area contributed by atoms with Crippen molar-refractivity contribution in [2.24, 2.45) is 5.92 Å². The van der Waals surface area contributed by atoms with Crippen LogP contribution >= 0.6 is 0 Å². The molecule has 0 saturated carbocycles. The highest BCUT2D eigenvalue weighted by atomic mass is 16.2. The van der Waals surface area contributed by atoms with Crippen LogP contribution in [0.2, 0.25) is 0 Å². The molecule has 0 aliphatic carbocycles. The van der Waals surface area contributed by atoms with Crippen LogP contribution in [-0.2, 0) is 4.79 Å². The molecule has 0 unspecified atom stereocenters. The molecule has 0 saturated heterocycles. The van der Waals surface area contributed by atoms with Gasteiger partial charge in [-0.3, -0.25) is 9.69 Å². The summed E-state index contributed by atoms with van der Waals surface area (Å²) in [6.45, 7) is 10.1. The molecule has 0 fully saturated rings. The third-order valence-corrected chi connectivity index (χ3v) is 3.36. The van der Waals surface area contributed by atoms with Gasteiger partial charge >= 0.3 is 0 Å². The third kappa shape index (κ3) is 6.20. The maximum Gasteiger partial charge on any atom is 0.238 e. The van der Waals surface area contributed by atoms with Gasteiger partial charge in [-0.2, -0.15) is 0 Å². The molecule has 1 rings (SSSR count). The molecule has 1 N–H and O–H groups in total. The van der Waals surface area contributed by atoms with Crippen molar-refractivity contribution in [2.45, 2.75) is 40.0 Å². The fourth-order valence-electron chi connectivity index (χ4n) is 1.95. The second-order valence-corrected chi connectivity index (χ2v) is 6.25. The molecule has 0 radical (unpaired) electrons. The SMILES string of the molecule is CC(C)CCN(C)CC(=O)Nc1ccc(C(C)C)cc1. The quantitative estimate of drug-likeness (QED) is 0.823. The van der Waals surface area contributed by atoms with Gasteiger partial charge < -0.3 is 5.32 Å². The summed E-state index contributed by atoms with van der Waals surface area (Å²) in [6, 6.07) is 8.09. The molecule has 0 heterocycles. The molecule has 0 atom stereocenters. The Morgan fingerprint density at radius 1 is 1.15 bits per heavy atom. The number of nitrogens with one attached hydrogen (secondary N) is 1. The van der Waals surface area contributed by atoms with Gasteiger partial charge in [-0.05, 0) is 49.5 Å². The third-order valence-electron chi connectivity index (χ3n) is 3.36. The van der Waals surface area contributed by atoms with Gasteiger partial charge in [-0.15, -0.1) is 0 Å². The van der Waals surface area contributed by atoms with Gasteiger partial charge in [0.1, 0.15) is 0 Å². The number of hydrogen-bond donors (Lipinski definition) is 1. The van der Waals surface area contributed by atoms with Crippen molar-refractivity contribution in [3.63, 3.8) is 0 Å². The minimum atomic E-state index is 0.0496. The maximum atomic E-state index is 11.9. The summed E-state index contributed by atoms with van der Waals surface area (Å²) < 4.78 is 0. The van der Waals surface area contributed by atoms with E-state index in [1.165, 1.54) is 5.56 Å². The molecule has 0 bridgehead atoms. The van der Waals surface area contributed by atoms with Gasteiger partial charge in [-0.25, -0.2) is 0 Å². The van der Waals surface area contributed by atoms with Crippen LogP contribution in [0.3, 0.4) is 0 Å². The van der Waals surface area contributed by atoms with E-state index in [2.05, 4.69) is 50.0 Å². The molecule has 0 aromatic heterocycles. The minimum absolute atomic E-state index is 0.0496. The molecule has 0 aliphatic rings. The van der Waals surface area contributed by atoms with Crippen molar-refractivity contribution in [2.75, 3.05) is 25.5 Å². The van der Waals surface area contributed by atoms with E-state index in [0.29, 0.717) is 18.4 Å². The van der Waals surface area contributed by atoms with E-state index in [1.54, 1.807) is 0 Å². The lowest BCUT2D eigenvalue weighted by Crippen LogP contribution is -2.31. The average molecular weight is 276 g/mol. The summed E-state index contributed by atoms with van der Waals surface area (Å²) in [4.78, 5) is 14.0. The zero-order valence-electron chi connectivity index (χ0n) is 13.4. The van der Waals surface area contributed by atoms with Crippen LogP contribution < -0.4 is 5.32 Å². The van der Waals surface area contributed by atoms with Gasteiger partial charge in [0.05, 0.1) is 6.54 Å². The predicted molar refractivity (Wildman–Crippen MR) is 86.1 cm³/mol. The number of carbonyl (C=O) groups excluding carboxylic acids is 1. The molecule has 20 heavy (non-hydrogen) atoms. The normalized spacial score (nSPS) is 11.4. The Labute approximate surface area is 123 Å². The smallest absolute Gasteiger partial charge is 0.238 e. The summed E-state index contributed by atoms with van der Waals surface area (Å²) in [5, 5.41) is 2.95. The highest BCUT2D eigenvalue weighted by Crippen LogP contribution is 2.17. The fourth-order valence-corrected chi connectivity index (χ4v) is 1.95. The Bertz CT molecular complexity index is 410. The topological polar surface area (TPSA) is 32.3 Å². The number of carbonyl (C=O) groups is 1. The lowest BCUT2D eigenvalue weighted by molar-refractivity contribution is -0.117. The minimum Gasteiger partial charge on any atom is -0.325 e. The van der Waals surface area contributed by atoms with Gasteiger partial charge in [0, 0.05) is 5.69 Å². The standard InChI is InChI=1S/C17H28N2O/c1-13(2)10-11-19(5)12-17(20)18-16-8-6-15(7-9-16)14(3)4/h6-9,13-14H,10-12H2,1-5H3,(H,18,20). The Hall–Kier alpha value is -1.35. The molecule has 1 aromatic carbocycles. The van der Waals surface area contributed by atoms with Crippen molar-refractivity contribution in [1.29, 1.82) is 0 Å².